The molecule has 3 N–H and O–H groups in total. The summed E-state index contributed by atoms with van der Waals surface area (Å²) in [5, 5.41) is 9.76. The predicted molar refractivity (Wildman–Crippen MR) is 57.9 cm³/mol. The van der Waals surface area contributed by atoms with Crippen LogP contribution in [0.3, 0.4) is 0 Å². The van der Waals surface area contributed by atoms with Crippen LogP contribution in [0.4, 0.5) is 4.79 Å². The third-order valence-corrected chi connectivity index (χ3v) is 2.87. The van der Waals surface area contributed by atoms with Gasteiger partial charge in [0.05, 0.1) is 6.54 Å². The highest BCUT2D eigenvalue weighted by Crippen LogP contribution is 2.46. The molecule has 1 aromatic heterocycles. The molecule has 1 saturated carbocycles. The Bertz CT molecular complexity index is 408. The number of aromatic nitrogens is 1. The van der Waals surface area contributed by atoms with Gasteiger partial charge in [-0.15, -0.1) is 0 Å². The van der Waals surface area contributed by atoms with Crippen LogP contribution in [0.25, 0.3) is 0 Å². The summed E-state index contributed by atoms with van der Waals surface area (Å²) in [5.74, 6) is 0.612. The average molecular weight is 221 g/mol. The summed E-state index contributed by atoms with van der Waals surface area (Å²) in [6, 6.07) is 5.09. The minimum Gasteiger partial charge on any atom is -0.350 e. The molecule has 1 heterocycles. The number of carbonyl (C=O) groups excluding carboxylic acids is 1. The normalized spacial score (nSPS) is 22.9. The molecule has 0 aliphatic heterocycles. The van der Waals surface area contributed by atoms with Crippen molar-refractivity contribution in [3.8, 4) is 0 Å². The van der Waals surface area contributed by atoms with Crippen molar-refractivity contribution < 1.29 is 10.0 Å². The molecule has 2 atom stereocenters. The highest BCUT2D eigenvalue weighted by Gasteiger charge is 2.40. The van der Waals surface area contributed by atoms with Gasteiger partial charge in [0.2, 0.25) is 0 Å². The van der Waals surface area contributed by atoms with Crippen molar-refractivity contribution in [1.29, 1.82) is 0 Å². The van der Waals surface area contributed by atoms with Crippen LogP contribution in [-0.2, 0) is 0 Å². The number of nitrogens with zero attached hydrogens (tertiary/aromatic N) is 2. The molecule has 1 fully saturated rings. The van der Waals surface area contributed by atoms with Crippen molar-refractivity contribution >= 4 is 6.03 Å². The van der Waals surface area contributed by atoms with Gasteiger partial charge in [0, 0.05) is 17.3 Å². The maximum Gasteiger partial charge on any atom is 0.338 e. The summed E-state index contributed by atoms with van der Waals surface area (Å²) in [4.78, 5) is 15.1. The molecular weight excluding hydrogens is 206 g/mol. The summed E-state index contributed by atoms with van der Waals surface area (Å²) in [5.41, 5.74) is 6.96. The minimum absolute atomic E-state index is 0.270. The lowest BCUT2D eigenvalue weighted by Crippen LogP contribution is -2.34. The lowest BCUT2D eigenvalue weighted by atomic mass is 10.2. The largest absolute Gasteiger partial charge is 0.350 e. The van der Waals surface area contributed by atoms with Crippen molar-refractivity contribution in [2.75, 3.05) is 6.54 Å². The number of nitrogens with two attached hydrogens (primary N) is 1. The van der Waals surface area contributed by atoms with Gasteiger partial charge in [0.1, 0.15) is 0 Å². The summed E-state index contributed by atoms with van der Waals surface area (Å²) < 4.78 is 0. The zero-order chi connectivity index (χ0) is 11.7. The van der Waals surface area contributed by atoms with Crippen LogP contribution in [0.1, 0.15) is 23.7 Å². The van der Waals surface area contributed by atoms with Crippen LogP contribution < -0.4 is 5.73 Å². The quantitative estimate of drug-likeness (QED) is 0.595. The highest BCUT2D eigenvalue weighted by atomic mass is 16.5. The molecule has 0 bridgehead atoms. The third kappa shape index (κ3) is 2.30. The van der Waals surface area contributed by atoms with E-state index in [0.29, 0.717) is 11.0 Å². The van der Waals surface area contributed by atoms with Crippen molar-refractivity contribution in [3.05, 3.63) is 29.6 Å². The first kappa shape index (κ1) is 10.9. The molecule has 5 heteroatoms. The number of hydroxylamine groups is 2. The van der Waals surface area contributed by atoms with Crippen molar-refractivity contribution in [3.63, 3.8) is 0 Å². The van der Waals surface area contributed by atoms with E-state index < -0.39 is 6.03 Å². The molecule has 16 heavy (non-hydrogen) atoms. The number of hydrogen-bond donors (Lipinski definition) is 2. The predicted octanol–water partition coefficient (Wildman–Crippen LogP) is 1.26. The van der Waals surface area contributed by atoms with Gasteiger partial charge in [-0.05, 0) is 31.4 Å². The Kier molecular flexibility index (Phi) is 2.78. The summed E-state index contributed by atoms with van der Waals surface area (Å²) in [6.45, 7) is 2.23. The SMILES string of the molecule is Cc1cccc([C@@H]2C[C@H]2CN(O)C(N)=O)n1. The summed E-state index contributed by atoms with van der Waals surface area (Å²) in [7, 11) is 0. The number of urea groups is 1. The summed E-state index contributed by atoms with van der Waals surface area (Å²) >= 11 is 0. The van der Waals surface area contributed by atoms with E-state index in [2.05, 4.69) is 4.98 Å². The van der Waals surface area contributed by atoms with Gasteiger partial charge in [-0.25, -0.2) is 9.86 Å². The lowest BCUT2D eigenvalue weighted by Gasteiger charge is -2.11. The Morgan fingerprint density at radius 1 is 1.69 bits per heavy atom. The van der Waals surface area contributed by atoms with Gasteiger partial charge in [-0.2, -0.15) is 0 Å². The number of aryl methyl sites for hydroxylation is 1. The topological polar surface area (TPSA) is 79.5 Å². The van der Waals surface area contributed by atoms with Crippen molar-refractivity contribution in [2.45, 2.75) is 19.3 Å². The second-order valence-corrected chi connectivity index (χ2v) is 4.23. The molecule has 86 valence electrons. The van der Waals surface area contributed by atoms with E-state index in [0.717, 1.165) is 17.8 Å². The van der Waals surface area contributed by atoms with Gasteiger partial charge >= 0.3 is 6.03 Å². The molecule has 0 radical (unpaired) electrons. The first-order valence-electron chi connectivity index (χ1n) is 5.27. The first-order chi connectivity index (χ1) is 7.58. The molecule has 5 nitrogen and oxygen atoms in total. The lowest BCUT2D eigenvalue weighted by molar-refractivity contribution is -0.0432. The molecule has 2 rings (SSSR count). The van der Waals surface area contributed by atoms with Crippen molar-refractivity contribution in [2.24, 2.45) is 11.7 Å². The smallest absolute Gasteiger partial charge is 0.338 e. The van der Waals surface area contributed by atoms with Crippen molar-refractivity contribution in [1.82, 2.24) is 10.0 Å². The van der Waals surface area contributed by atoms with Crippen LogP contribution in [0.5, 0.6) is 0 Å². The molecular formula is C11H15N3O2. The number of rotatable bonds is 3. The zero-order valence-electron chi connectivity index (χ0n) is 9.13. The minimum atomic E-state index is -0.803. The fourth-order valence-corrected chi connectivity index (χ4v) is 1.89. The molecule has 1 aliphatic carbocycles. The van der Waals surface area contributed by atoms with E-state index in [4.69, 9.17) is 5.73 Å². The average Bonchev–Trinajstić information content (AvgIpc) is 2.97. The van der Waals surface area contributed by atoms with E-state index in [1.807, 2.05) is 25.1 Å². The Balaban J connectivity index is 1.94. The fraction of sp³-hybridized carbons (Fsp3) is 0.455. The molecule has 1 aromatic rings. The summed E-state index contributed by atoms with van der Waals surface area (Å²) in [6.07, 6.45) is 0.945. The van der Waals surface area contributed by atoms with Gasteiger partial charge in [-0.3, -0.25) is 10.2 Å². The second-order valence-electron chi connectivity index (χ2n) is 4.23. The van der Waals surface area contributed by atoms with Gasteiger partial charge in [0.15, 0.2) is 0 Å². The molecule has 0 saturated heterocycles. The van der Waals surface area contributed by atoms with Crippen LogP contribution in [0.15, 0.2) is 18.2 Å². The van der Waals surface area contributed by atoms with Crippen LogP contribution in [-0.4, -0.2) is 27.8 Å². The van der Waals surface area contributed by atoms with E-state index >= 15 is 0 Å². The fourth-order valence-electron chi connectivity index (χ4n) is 1.89. The maximum atomic E-state index is 10.6. The standard InChI is InChI=1S/C11H15N3O2/c1-7-3-2-4-10(13-7)9-5-8(9)6-14(16)11(12)15/h2-4,8-9,16H,5-6H2,1H3,(H2,12,15)/t8-,9+/m0/s1. The first-order valence-corrected chi connectivity index (χ1v) is 5.27. The Morgan fingerprint density at radius 2 is 2.44 bits per heavy atom. The Hall–Kier alpha value is -1.62. The Morgan fingerprint density at radius 3 is 3.06 bits per heavy atom. The Labute approximate surface area is 93.8 Å². The third-order valence-electron chi connectivity index (χ3n) is 2.87. The number of amides is 2. The van der Waals surface area contributed by atoms with Gasteiger partial charge < -0.3 is 5.73 Å². The second kappa shape index (κ2) is 4.09. The molecule has 0 aromatic carbocycles. The van der Waals surface area contributed by atoms with Gasteiger partial charge in [-0.1, -0.05) is 6.07 Å². The maximum absolute atomic E-state index is 10.6. The van der Waals surface area contributed by atoms with Gasteiger partial charge in [0.25, 0.3) is 0 Å². The number of pyridine rings is 1. The number of hydrogen-bond acceptors (Lipinski definition) is 3. The number of carbonyl (C=O) groups is 1. The number of primary amides is 1. The van der Waals surface area contributed by atoms with E-state index in [1.165, 1.54) is 0 Å². The molecule has 0 unspecified atom stereocenters. The van der Waals surface area contributed by atoms with E-state index in [1.54, 1.807) is 0 Å². The highest BCUT2D eigenvalue weighted by molar-refractivity contribution is 5.70. The van der Waals surface area contributed by atoms with Crippen LogP contribution in [0, 0.1) is 12.8 Å². The zero-order valence-corrected chi connectivity index (χ0v) is 9.13. The van der Waals surface area contributed by atoms with E-state index in [9.17, 15) is 10.0 Å². The molecule has 0 spiro atoms. The molecule has 2 amide bonds. The molecule has 1 aliphatic rings. The van der Waals surface area contributed by atoms with Crippen LogP contribution in [0.2, 0.25) is 0 Å². The monoisotopic (exact) mass is 221 g/mol. The van der Waals surface area contributed by atoms with Crippen LogP contribution >= 0.6 is 0 Å². The van der Waals surface area contributed by atoms with E-state index in [-0.39, 0.29) is 12.5 Å².